The highest BCUT2D eigenvalue weighted by molar-refractivity contribution is 7.92. The molecule has 0 saturated carbocycles. The number of nitro groups is 1. The number of amides is 2. The number of nitrogens with zero attached hydrogens (tertiary/aromatic N) is 3. The normalized spacial score (nSPS) is 12.1. The smallest absolute Gasteiger partial charge is 0.271 e. The van der Waals surface area contributed by atoms with Gasteiger partial charge in [-0.25, -0.2) is 8.42 Å². The average Bonchev–Trinajstić information content (AvgIpc) is 2.82. The van der Waals surface area contributed by atoms with E-state index in [4.69, 9.17) is 23.2 Å². The summed E-state index contributed by atoms with van der Waals surface area (Å²) in [4.78, 5) is 38.6. The molecule has 2 aromatic carbocycles. The van der Waals surface area contributed by atoms with Crippen LogP contribution in [0.1, 0.15) is 37.8 Å². The first-order chi connectivity index (χ1) is 17.3. The largest absolute Gasteiger partial charge is 0.354 e. The Balaban J connectivity index is 2.53. The fourth-order valence-corrected chi connectivity index (χ4v) is 4.91. The summed E-state index contributed by atoms with van der Waals surface area (Å²) in [6, 6.07) is 7.66. The highest BCUT2D eigenvalue weighted by atomic mass is 35.5. The molecular weight excluding hydrogens is 543 g/mol. The molecule has 202 valence electrons. The van der Waals surface area contributed by atoms with Crippen LogP contribution in [0.4, 0.5) is 11.4 Å². The van der Waals surface area contributed by atoms with E-state index in [1.807, 2.05) is 6.92 Å². The standard InChI is InChI=1S/C24H30Cl2N4O6S/c1-5-11-27-24(32)21(6-2)28(14-17-8-10-19(25)20(26)12-17)23(31)15-29(37(4,35)36)22-13-18(30(33)34)9-7-16(22)3/h7-10,12-13,21H,5-6,11,14-15H2,1-4H3,(H,27,32)/t21-/m1/s1. The van der Waals surface area contributed by atoms with Gasteiger partial charge >= 0.3 is 0 Å². The van der Waals surface area contributed by atoms with Gasteiger partial charge in [0.1, 0.15) is 12.6 Å². The first kappa shape index (κ1) is 30.3. The number of hydrogen-bond acceptors (Lipinski definition) is 6. The zero-order chi connectivity index (χ0) is 27.9. The van der Waals surface area contributed by atoms with E-state index in [1.165, 1.54) is 17.0 Å². The molecule has 0 bridgehead atoms. The maximum atomic E-state index is 13.7. The van der Waals surface area contributed by atoms with E-state index in [2.05, 4.69) is 5.32 Å². The van der Waals surface area contributed by atoms with Crippen LogP contribution in [0, 0.1) is 17.0 Å². The third-order valence-electron chi connectivity index (χ3n) is 5.62. The van der Waals surface area contributed by atoms with Gasteiger partial charge in [0, 0.05) is 25.2 Å². The van der Waals surface area contributed by atoms with Gasteiger partial charge in [-0.2, -0.15) is 0 Å². The first-order valence-electron chi connectivity index (χ1n) is 11.5. The zero-order valence-electron chi connectivity index (χ0n) is 21.0. The molecule has 2 amide bonds. The zero-order valence-corrected chi connectivity index (χ0v) is 23.4. The van der Waals surface area contributed by atoms with Gasteiger partial charge in [-0.15, -0.1) is 0 Å². The Labute approximate surface area is 226 Å². The highest BCUT2D eigenvalue weighted by Crippen LogP contribution is 2.28. The summed E-state index contributed by atoms with van der Waals surface area (Å²) in [6.45, 7) is 4.92. The van der Waals surface area contributed by atoms with E-state index in [0.717, 1.165) is 16.6 Å². The van der Waals surface area contributed by atoms with Crippen molar-refractivity contribution in [3.8, 4) is 0 Å². The molecule has 0 aliphatic heterocycles. The Morgan fingerprint density at radius 1 is 1.11 bits per heavy atom. The van der Waals surface area contributed by atoms with Gasteiger partial charge in [-0.1, -0.05) is 49.2 Å². The summed E-state index contributed by atoms with van der Waals surface area (Å²) in [5.41, 5.74) is 0.692. The molecular formula is C24H30Cl2N4O6S. The van der Waals surface area contributed by atoms with Crippen molar-refractivity contribution in [1.29, 1.82) is 0 Å². The van der Waals surface area contributed by atoms with Crippen LogP contribution >= 0.6 is 23.2 Å². The predicted molar refractivity (Wildman–Crippen MR) is 144 cm³/mol. The average molecular weight is 573 g/mol. The topological polar surface area (TPSA) is 130 Å². The Kier molecular flexibility index (Phi) is 10.7. The molecule has 0 aliphatic carbocycles. The van der Waals surface area contributed by atoms with Gasteiger partial charge in [0.25, 0.3) is 5.69 Å². The molecule has 1 N–H and O–H groups in total. The molecule has 10 nitrogen and oxygen atoms in total. The highest BCUT2D eigenvalue weighted by Gasteiger charge is 2.32. The fraction of sp³-hybridized carbons (Fsp3) is 0.417. The molecule has 2 rings (SSSR count). The van der Waals surface area contributed by atoms with E-state index >= 15 is 0 Å². The van der Waals surface area contributed by atoms with Gasteiger partial charge in [0.2, 0.25) is 21.8 Å². The minimum absolute atomic E-state index is 0.00280. The van der Waals surface area contributed by atoms with E-state index in [1.54, 1.807) is 32.0 Å². The minimum atomic E-state index is -4.04. The number of benzene rings is 2. The van der Waals surface area contributed by atoms with Crippen molar-refractivity contribution in [1.82, 2.24) is 10.2 Å². The molecule has 2 aromatic rings. The van der Waals surface area contributed by atoms with E-state index in [0.29, 0.717) is 29.1 Å². The van der Waals surface area contributed by atoms with Crippen molar-refractivity contribution in [3.63, 3.8) is 0 Å². The van der Waals surface area contributed by atoms with Crippen molar-refractivity contribution in [2.24, 2.45) is 0 Å². The number of aryl methyl sites for hydroxylation is 1. The molecule has 0 saturated heterocycles. The van der Waals surface area contributed by atoms with Gasteiger partial charge in [0.05, 0.1) is 26.9 Å². The third-order valence-corrected chi connectivity index (χ3v) is 7.49. The second-order valence-corrected chi connectivity index (χ2v) is 11.2. The Morgan fingerprint density at radius 2 is 1.78 bits per heavy atom. The number of carbonyl (C=O) groups excluding carboxylic acids is 2. The maximum Gasteiger partial charge on any atom is 0.271 e. The molecule has 1 atom stereocenters. The Morgan fingerprint density at radius 3 is 2.32 bits per heavy atom. The molecule has 0 radical (unpaired) electrons. The number of rotatable bonds is 12. The molecule has 37 heavy (non-hydrogen) atoms. The number of carbonyl (C=O) groups is 2. The number of nitrogens with one attached hydrogen (secondary N) is 1. The lowest BCUT2D eigenvalue weighted by atomic mass is 10.1. The number of hydrogen-bond donors (Lipinski definition) is 1. The number of sulfonamides is 1. The van der Waals surface area contributed by atoms with Gasteiger partial charge < -0.3 is 10.2 Å². The van der Waals surface area contributed by atoms with Crippen molar-refractivity contribution in [3.05, 3.63) is 67.7 Å². The second-order valence-electron chi connectivity index (χ2n) is 8.48. The van der Waals surface area contributed by atoms with Crippen LogP contribution in [0.3, 0.4) is 0 Å². The van der Waals surface area contributed by atoms with Crippen molar-refractivity contribution in [2.45, 2.75) is 46.2 Å². The van der Waals surface area contributed by atoms with Crippen LogP contribution < -0.4 is 9.62 Å². The van der Waals surface area contributed by atoms with Crippen molar-refractivity contribution < 1.29 is 22.9 Å². The van der Waals surface area contributed by atoms with Crippen LogP contribution in [0.2, 0.25) is 10.0 Å². The lowest BCUT2D eigenvalue weighted by molar-refractivity contribution is -0.384. The van der Waals surface area contributed by atoms with Crippen LogP contribution in [-0.4, -0.2) is 55.4 Å². The lowest BCUT2D eigenvalue weighted by Crippen LogP contribution is -2.52. The number of non-ortho nitro benzene ring substituents is 1. The molecule has 0 unspecified atom stereocenters. The van der Waals surface area contributed by atoms with Gasteiger partial charge in [0.15, 0.2) is 0 Å². The van der Waals surface area contributed by atoms with Gasteiger partial charge in [-0.3, -0.25) is 24.0 Å². The molecule has 0 heterocycles. The quantitative estimate of drug-likeness (QED) is 0.298. The first-order valence-corrected chi connectivity index (χ1v) is 14.1. The Bertz CT molecular complexity index is 1270. The van der Waals surface area contributed by atoms with E-state index < -0.39 is 33.4 Å². The SMILES string of the molecule is CCCNC(=O)[C@@H](CC)N(Cc1ccc(Cl)c(Cl)c1)C(=O)CN(c1cc([N+](=O)[O-])ccc1C)S(C)(=O)=O. The number of halogens is 2. The molecule has 0 spiro atoms. The summed E-state index contributed by atoms with van der Waals surface area (Å²) in [6.07, 6.45) is 1.86. The lowest BCUT2D eigenvalue weighted by Gasteiger charge is -2.33. The van der Waals surface area contributed by atoms with Crippen molar-refractivity contribution >= 4 is 56.4 Å². The minimum Gasteiger partial charge on any atom is -0.354 e. The number of anilines is 1. The van der Waals surface area contributed by atoms with Crippen LogP contribution in [0.5, 0.6) is 0 Å². The molecule has 13 heteroatoms. The number of nitro benzene ring substituents is 1. The summed E-state index contributed by atoms with van der Waals surface area (Å²) in [7, 11) is -4.04. The van der Waals surface area contributed by atoms with E-state index in [-0.39, 0.29) is 35.3 Å². The fourth-order valence-electron chi connectivity index (χ4n) is 3.69. The molecule has 0 aliphatic rings. The van der Waals surface area contributed by atoms with Gasteiger partial charge in [-0.05, 0) is 43.0 Å². The third kappa shape index (κ3) is 8.05. The predicted octanol–water partition coefficient (Wildman–Crippen LogP) is 4.31. The molecule has 0 fully saturated rings. The Hall–Kier alpha value is -2.89. The maximum absolute atomic E-state index is 13.7. The summed E-state index contributed by atoms with van der Waals surface area (Å²) >= 11 is 12.2. The monoisotopic (exact) mass is 572 g/mol. The summed E-state index contributed by atoms with van der Waals surface area (Å²) < 4.78 is 26.3. The van der Waals surface area contributed by atoms with Crippen molar-refractivity contribution in [2.75, 3.05) is 23.7 Å². The summed E-state index contributed by atoms with van der Waals surface area (Å²) in [5.74, 6) is -1.05. The van der Waals surface area contributed by atoms with Crippen LogP contribution in [0.15, 0.2) is 36.4 Å². The second kappa shape index (κ2) is 13.1. The van der Waals surface area contributed by atoms with E-state index in [9.17, 15) is 28.1 Å². The molecule has 0 aromatic heterocycles. The van der Waals surface area contributed by atoms with Crippen LogP contribution in [0.25, 0.3) is 0 Å². The van der Waals surface area contributed by atoms with Crippen LogP contribution in [-0.2, 0) is 26.2 Å². The summed E-state index contributed by atoms with van der Waals surface area (Å²) in [5, 5.41) is 14.7.